The van der Waals surface area contributed by atoms with Crippen molar-refractivity contribution in [3.63, 3.8) is 0 Å². The van der Waals surface area contributed by atoms with E-state index in [1.165, 1.54) is 7.11 Å². The van der Waals surface area contributed by atoms with Crippen LogP contribution < -0.4 is 9.47 Å². The number of ether oxygens (including phenoxy) is 3. The third-order valence-electron chi connectivity index (χ3n) is 4.02. The fraction of sp³-hybridized carbons (Fsp3) is 0.200. The van der Waals surface area contributed by atoms with Gasteiger partial charge in [-0.2, -0.15) is 0 Å². The van der Waals surface area contributed by atoms with Crippen LogP contribution in [0.5, 0.6) is 11.5 Å². The summed E-state index contributed by atoms with van der Waals surface area (Å²) in [6, 6.07) is 10.4. The van der Waals surface area contributed by atoms with Gasteiger partial charge in [0.2, 0.25) is 5.78 Å². The minimum absolute atomic E-state index is 0.212. The lowest BCUT2D eigenvalue weighted by atomic mass is 10.1. The van der Waals surface area contributed by atoms with Crippen LogP contribution in [-0.2, 0) is 9.53 Å². The molecule has 2 aromatic rings. The molecule has 26 heavy (non-hydrogen) atoms. The number of benzene rings is 2. The van der Waals surface area contributed by atoms with E-state index >= 15 is 0 Å². The van der Waals surface area contributed by atoms with Crippen LogP contribution in [0.25, 0.3) is 6.08 Å². The van der Waals surface area contributed by atoms with E-state index in [2.05, 4.69) is 4.74 Å². The van der Waals surface area contributed by atoms with Crippen molar-refractivity contribution in [1.82, 2.24) is 0 Å². The van der Waals surface area contributed by atoms with Crippen molar-refractivity contribution in [1.29, 1.82) is 0 Å². The molecule has 0 saturated heterocycles. The van der Waals surface area contributed by atoms with E-state index in [0.717, 1.165) is 5.56 Å². The summed E-state index contributed by atoms with van der Waals surface area (Å²) in [5.41, 5.74) is 1.86. The van der Waals surface area contributed by atoms with Crippen LogP contribution >= 0.6 is 11.6 Å². The third-order valence-corrected chi connectivity index (χ3v) is 4.26. The number of allylic oxidation sites excluding steroid dienone is 1. The maximum atomic E-state index is 12.6. The molecular formula is C20H17ClO5. The van der Waals surface area contributed by atoms with Crippen LogP contribution in [0.15, 0.2) is 42.2 Å². The van der Waals surface area contributed by atoms with Crippen LogP contribution in [-0.4, -0.2) is 25.0 Å². The standard InChI is InChI=1S/C20H17ClO5/c1-11-16(25-12(2)20(23)24-3)8-7-15-18(22)17(26-19(11)15)10-13-5-4-6-14(21)9-13/h4-10,12H,1-3H3/b17-10-. The summed E-state index contributed by atoms with van der Waals surface area (Å²) in [6.07, 6.45) is 0.876. The van der Waals surface area contributed by atoms with Crippen molar-refractivity contribution in [2.45, 2.75) is 20.0 Å². The van der Waals surface area contributed by atoms with Gasteiger partial charge >= 0.3 is 5.97 Å². The van der Waals surface area contributed by atoms with Gasteiger partial charge in [0, 0.05) is 10.6 Å². The van der Waals surface area contributed by atoms with Crippen molar-refractivity contribution in [3.05, 3.63) is 63.9 Å². The summed E-state index contributed by atoms with van der Waals surface area (Å²) in [6.45, 7) is 3.36. The molecule has 0 fully saturated rings. The van der Waals surface area contributed by atoms with Crippen molar-refractivity contribution >= 4 is 29.4 Å². The van der Waals surface area contributed by atoms with E-state index < -0.39 is 12.1 Å². The molecule has 0 aliphatic carbocycles. The lowest BCUT2D eigenvalue weighted by Gasteiger charge is -2.15. The maximum Gasteiger partial charge on any atom is 0.346 e. The number of hydrogen-bond donors (Lipinski definition) is 0. The van der Waals surface area contributed by atoms with E-state index in [4.69, 9.17) is 21.1 Å². The smallest absolute Gasteiger partial charge is 0.346 e. The molecule has 1 aliphatic rings. The number of carbonyl (C=O) groups is 2. The van der Waals surface area contributed by atoms with Crippen molar-refractivity contribution < 1.29 is 23.8 Å². The Labute approximate surface area is 156 Å². The Kier molecular flexibility index (Phi) is 5.00. The van der Waals surface area contributed by atoms with E-state index in [0.29, 0.717) is 27.6 Å². The zero-order valence-electron chi connectivity index (χ0n) is 14.5. The molecule has 6 heteroatoms. The molecule has 1 unspecified atom stereocenters. The highest BCUT2D eigenvalue weighted by molar-refractivity contribution is 6.30. The molecule has 0 saturated carbocycles. The van der Waals surface area contributed by atoms with Crippen LogP contribution in [0.4, 0.5) is 0 Å². The number of methoxy groups -OCH3 is 1. The second-order valence-electron chi connectivity index (χ2n) is 5.84. The minimum atomic E-state index is -0.768. The number of Topliss-reactive ketones (excluding diaryl/α,β-unsaturated/α-hetero) is 1. The zero-order chi connectivity index (χ0) is 18.8. The largest absolute Gasteiger partial charge is 0.479 e. The molecule has 0 bridgehead atoms. The monoisotopic (exact) mass is 372 g/mol. The van der Waals surface area contributed by atoms with Gasteiger partial charge in [0.1, 0.15) is 11.5 Å². The molecule has 0 radical (unpaired) electrons. The Morgan fingerprint density at radius 2 is 2.04 bits per heavy atom. The van der Waals surface area contributed by atoms with Gasteiger partial charge in [-0.05, 0) is 49.8 Å². The van der Waals surface area contributed by atoms with Gasteiger partial charge in [0.25, 0.3) is 0 Å². The van der Waals surface area contributed by atoms with E-state index in [1.54, 1.807) is 50.3 Å². The fourth-order valence-corrected chi connectivity index (χ4v) is 2.85. The van der Waals surface area contributed by atoms with Crippen LogP contribution in [0, 0.1) is 6.92 Å². The number of halogens is 1. The Balaban J connectivity index is 1.90. The summed E-state index contributed by atoms with van der Waals surface area (Å²) in [7, 11) is 1.30. The molecular weight excluding hydrogens is 356 g/mol. The normalized spacial score (nSPS) is 15.4. The first kappa shape index (κ1) is 18.0. The Hall–Kier alpha value is -2.79. The minimum Gasteiger partial charge on any atom is -0.479 e. The van der Waals surface area contributed by atoms with E-state index in [9.17, 15) is 9.59 Å². The molecule has 3 rings (SSSR count). The molecule has 0 amide bonds. The number of fused-ring (bicyclic) bond motifs is 1. The third kappa shape index (κ3) is 3.44. The number of esters is 1. The van der Waals surface area contributed by atoms with Crippen LogP contribution in [0.2, 0.25) is 5.02 Å². The summed E-state index contributed by atoms with van der Waals surface area (Å²) in [5, 5.41) is 0.575. The first-order valence-electron chi connectivity index (χ1n) is 7.98. The van der Waals surface area contributed by atoms with E-state index in [1.807, 2.05) is 6.07 Å². The highest BCUT2D eigenvalue weighted by Crippen LogP contribution is 2.39. The zero-order valence-corrected chi connectivity index (χ0v) is 15.3. The van der Waals surface area contributed by atoms with Gasteiger partial charge < -0.3 is 14.2 Å². The summed E-state index contributed by atoms with van der Waals surface area (Å²) < 4.78 is 16.1. The number of rotatable bonds is 4. The molecule has 0 N–H and O–H groups in total. The highest BCUT2D eigenvalue weighted by atomic mass is 35.5. The maximum absolute atomic E-state index is 12.6. The first-order chi connectivity index (χ1) is 12.4. The number of carbonyl (C=O) groups excluding carboxylic acids is 2. The fourth-order valence-electron chi connectivity index (χ4n) is 2.65. The quantitative estimate of drug-likeness (QED) is 0.594. The van der Waals surface area contributed by atoms with Gasteiger partial charge in [-0.1, -0.05) is 23.7 Å². The van der Waals surface area contributed by atoms with Gasteiger partial charge in [0.05, 0.1) is 12.7 Å². The van der Waals surface area contributed by atoms with Crippen molar-refractivity contribution in [3.8, 4) is 11.5 Å². The summed E-state index contributed by atoms with van der Waals surface area (Å²) >= 11 is 5.98. The molecule has 2 aromatic carbocycles. The summed E-state index contributed by atoms with van der Waals surface area (Å²) in [4.78, 5) is 24.1. The Morgan fingerprint density at radius 3 is 2.73 bits per heavy atom. The lowest BCUT2D eigenvalue weighted by molar-refractivity contribution is -0.147. The average molecular weight is 373 g/mol. The molecule has 5 nitrogen and oxygen atoms in total. The van der Waals surface area contributed by atoms with Gasteiger partial charge in [0.15, 0.2) is 11.9 Å². The molecule has 1 atom stereocenters. The predicted octanol–water partition coefficient (Wildman–Crippen LogP) is 4.20. The molecule has 134 valence electrons. The van der Waals surface area contributed by atoms with Crippen molar-refractivity contribution in [2.24, 2.45) is 0 Å². The summed E-state index contributed by atoms with van der Waals surface area (Å²) in [5.74, 6) is 0.402. The van der Waals surface area contributed by atoms with Crippen molar-refractivity contribution in [2.75, 3.05) is 7.11 Å². The van der Waals surface area contributed by atoms with Crippen LogP contribution in [0.1, 0.15) is 28.4 Å². The molecule has 0 spiro atoms. The van der Waals surface area contributed by atoms with E-state index in [-0.39, 0.29) is 11.5 Å². The molecule has 1 heterocycles. The molecule has 0 aromatic heterocycles. The second kappa shape index (κ2) is 7.22. The Bertz CT molecular complexity index is 916. The average Bonchev–Trinajstić information content (AvgIpc) is 2.93. The predicted molar refractivity (Wildman–Crippen MR) is 97.7 cm³/mol. The van der Waals surface area contributed by atoms with Crippen LogP contribution in [0.3, 0.4) is 0 Å². The second-order valence-corrected chi connectivity index (χ2v) is 6.28. The highest BCUT2D eigenvalue weighted by Gasteiger charge is 2.30. The number of ketones is 1. The SMILES string of the molecule is COC(=O)C(C)Oc1ccc2c(c1C)O/C(=C\c1cccc(Cl)c1)C2=O. The van der Waals surface area contributed by atoms with Gasteiger partial charge in [-0.3, -0.25) is 4.79 Å². The topological polar surface area (TPSA) is 61.8 Å². The van der Waals surface area contributed by atoms with Gasteiger partial charge in [-0.25, -0.2) is 4.79 Å². The molecule has 1 aliphatic heterocycles. The van der Waals surface area contributed by atoms with Gasteiger partial charge in [-0.15, -0.1) is 0 Å². The first-order valence-corrected chi connectivity index (χ1v) is 8.36. The Morgan fingerprint density at radius 1 is 1.27 bits per heavy atom. The number of hydrogen-bond acceptors (Lipinski definition) is 5. The lowest BCUT2D eigenvalue weighted by Crippen LogP contribution is -2.25.